The fourth-order valence-electron chi connectivity index (χ4n) is 2.48. The number of nitrogens with one attached hydrogen (secondary N) is 1. The van der Waals surface area contributed by atoms with Gasteiger partial charge in [-0.3, -0.25) is 0 Å². The Morgan fingerprint density at radius 1 is 1.10 bits per heavy atom. The summed E-state index contributed by atoms with van der Waals surface area (Å²) in [7, 11) is 0. The van der Waals surface area contributed by atoms with Gasteiger partial charge in [0.2, 0.25) is 0 Å². The first-order valence-electron chi connectivity index (χ1n) is 6.94. The molecule has 1 nitrogen and oxygen atoms in total. The van der Waals surface area contributed by atoms with Crippen molar-refractivity contribution < 1.29 is 8.78 Å². The first kappa shape index (κ1) is 16.1. The van der Waals surface area contributed by atoms with Gasteiger partial charge in [0.25, 0.3) is 0 Å². The monoisotopic (exact) mass is 353 g/mol. The van der Waals surface area contributed by atoms with Gasteiger partial charge in [-0.05, 0) is 60.8 Å². The molecule has 4 heteroatoms. The van der Waals surface area contributed by atoms with E-state index in [1.807, 2.05) is 19.9 Å². The first-order valence-corrected chi connectivity index (χ1v) is 7.74. The predicted molar refractivity (Wildman–Crippen MR) is 85.4 cm³/mol. The average molecular weight is 354 g/mol. The van der Waals surface area contributed by atoms with E-state index in [0.29, 0.717) is 6.42 Å². The number of benzene rings is 2. The highest BCUT2D eigenvalue weighted by Gasteiger charge is 2.15. The van der Waals surface area contributed by atoms with Gasteiger partial charge in [0, 0.05) is 10.5 Å². The second-order valence-corrected chi connectivity index (χ2v) is 5.91. The van der Waals surface area contributed by atoms with Crippen molar-refractivity contribution in [3.63, 3.8) is 0 Å². The largest absolute Gasteiger partial charge is 0.310 e. The van der Waals surface area contributed by atoms with E-state index >= 15 is 0 Å². The average Bonchev–Trinajstić information content (AvgIpc) is 2.41. The maximum atomic E-state index is 13.3. The van der Waals surface area contributed by atoms with Crippen LogP contribution in [0.1, 0.15) is 29.7 Å². The summed E-state index contributed by atoms with van der Waals surface area (Å²) >= 11 is 3.40. The van der Waals surface area contributed by atoms with Crippen molar-refractivity contribution in [3.8, 4) is 0 Å². The lowest BCUT2D eigenvalue weighted by Crippen LogP contribution is -2.24. The number of rotatable bonds is 5. The lowest BCUT2D eigenvalue weighted by atomic mass is 9.95. The van der Waals surface area contributed by atoms with E-state index in [1.54, 1.807) is 12.1 Å². The molecule has 0 aliphatic rings. The zero-order valence-corrected chi connectivity index (χ0v) is 13.7. The number of aryl methyl sites for hydroxylation is 1. The van der Waals surface area contributed by atoms with Gasteiger partial charge in [0.1, 0.15) is 11.6 Å². The Hall–Kier alpha value is -1.26. The molecule has 112 valence electrons. The minimum absolute atomic E-state index is 0.0670. The van der Waals surface area contributed by atoms with Crippen molar-refractivity contribution in [1.82, 2.24) is 5.32 Å². The maximum absolute atomic E-state index is 13.3. The Balaban J connectivity index is 2.30. The van der Waals surface area contributed by atoms with Crippen molar-refractivity contribution in [1.29, 1.82) is 0 Å². The van der Waals surface area contributed by atoms with Crippen LogP contribution in [0.15, 0.2) is 40.9 Å². The fraction of sp³-hybridized carbons (Fsp3) is 0.294. The summed E-state index contributed by atoms with van der Waals surface area (Å²) in [5.74, 6) is -0.488. The second kappa shape index (κ2) is 7.14. The lowest BCUT2D eigenvalue weighted by molar-refractivity contribution is 0.542. The third-order valence-electron chi connectivity index (χ3n) is 3.50. The predicted octanol–water partition coefficient (Wildman–Crippen LogP) is 4.93. The molecule has 0 aliphatic carbocycles. The van der Waals surface area contributed by atoms with E-state index in [9.17, 15) is 8.78 Å². The molecule has 0 saturated carbocycles. The third kappa shape index (κ3) is 4.11. The van der Waals surface area contributed by atoms with Crippen LogP contribution in [0.25, 0.3) is 0 Å². The third-order valence-corrected chi connectivity index (χ3v) is 4.24. The van der Waals surface area contributed by atoms with E-state index in [1.165, 1.54) is 18.2 Å². The van der Waals surface area contributed by atoms with Gasteiger partial charge < -0.3 is 5.32 Å². The van der Waals surface area contributed by atoms with Gasteiger partial charge in [-0.2, -0.15) is 0 Å². The number of likely N-dealkylation sites (N-methyl/N-ethyl adjacent to an activating group) is 1. The van der Waals surface area contributed by atoms with Crippen LogP contribution in [0.2, 0.25) is 0 Å². The first-order chi connectivity index (χ1) is 10.0. The number of hydrogen-bond donors (Lipinski definition) is 1. The molecule has 2 aromatic rings. The highest BCUT2D eigenvalue weighted by Crippen LogP contribution is 2.26. The highest BCUT2D eigenvalue weighted by molar-refractivity contribution is 9.10. The molecule has 2 aromatic carbocycles. The Morgan fingerprint density at radius 3 is 2.38 bits per heavy atom. The molecule has 1 atom stereocenters. The van der Waals surface area contributed by atoms with Crippen LogP contribution in [-0.2, 0) is 6.42 Å². The number of halogens is 3. The lowest BCUT2D eigenvalue weighted by Gasteiger charge is -2.21. The van der Waals surface area contributed by atoms with E-state index in [-0.39, 0.29) is 17.7 Å². The molecule has 0 fully saturated rings. The van der Waals surface area contributed by atoms with Crippen LogP contribution in [0, 0.1) is 18.6 Å². The Bertz CT molecular complexity index is 628. The van der Waals surface area contributed by atoms with Gasteiger partial charge in [0.05, 0.1) is 0 Å². The van der Waals surface area contributed by atoms with Gasteiger partial charge in [-0.15, -0.1) is 0 Å². The molecule has 1 N–H and O–H groups in total. The van der Waals surface area contributed by atoms with E-state index < -0.39 is 0 Å². The SMILES string of the molecule is CCNC(Cc1ccc(F)cc1Br)c1ccc(F)cc1C. The quantitative estimate of drug-likeness (QED) is 0.803. The zero-order valence-electron chi connectivity index (χ0n) is 12.1. The summed E-state index contributed by atoms with van der Waals surface area (Å²) in [6.07, 6.45) is 0.709. The molecular formula is C17H18BrF2N. The molecule has 0 aromatic heterocycles. The van der Waals surface area contributed by atoms with Gasteiger partial charge >= 0.3 is 0 Å². The molecule has 0 heterocycles. The van der Waals surface area contributed by atoms with Crippen LogP contribution in [0.3, 0.4) is 0 Å². The second-order valence-electron chi connectivity index (χ2n) is 5.05. The molecule has 0 radical (unpaired) electrons. The van der Waals surface area contributed by atoms with Crippen molar-refractivity contribution in [2.24, 2.45) is 0 Å². The summed E-state index contributed by atoms with van der Waals surface area (Å²) < 4.78 is 27.2. The maximum Gasteiger partial charge on any atom is 0.124 e. The van der Waals surface area contributed by atoms with Crippen LogP contribution < -0.4 is 5.32 Å². The molecule has 0 aliphatic heterocycles. The Morgan fingerprint density at radius 2 is 1.76 bits per heavy atom. The molecule has 2 rings (SSSR count). The minimum atomic E-state index is -0.261. The van der Waals surface area contributed by atoms with Gasteiger partial charge in [0.15, 0.2) is 0 Å². The zero-order chi connectivity index (χ0) is 15.4. The van der Waals surface area contributed by atoms with Crippen LogP contribution in [0.4, 0.5) is 8.78 Å². The van der Waals surface area contributed by atoms with Gasteiger partial charge in [-0.25, -0.2) is 8.78 Å². The molecule has 21 heavy (non-hydrogen) atoms. The van der Waals surface area contributed by atoms with Gasteiger partial charge in [-0.1, -0.05) is 35.0 Å². The van der Waals surface area contributed by atoms with Crippen molar-refractivity contribution >= 4 is 15.9 Å². The number of hydrogen-bond acceptors (Lipinski definition) is 1. The van der Waals surface area contributed by atoms with E-state index in [4.69, 9.17) is 0 Å². The summed E-state index contributed by atoms with van der Waals surface area (Å²) in [6.45, 7) is 4.74. The summed E-state index contributed by atoms with van der Waals surface area (Å²) in [5.41, 5.74) is 3.00. The molecule has 0 bridgehead atoms. The van der Waals surface area contributed by atoms with E-state index in [2.05, 4.69) is 21.2 Å². The van der Waals surface area contributed by atoms with Crippen molar-refractivity contribution in [2.75, 3.05) is 6.54 Å². The van der Waals surface area contributed by atoms with Crippen molar-refractivity contribution in [3.05, 3.63) is 69.2 Å². The smallest absolute Gasteiger partial charge is 0.124 e. The minimum Gasteiger partial charge on any atom is -0.310 e. The Kier molecular flexibility index (Phi) is 5.48. The standard InChI is InChI=1S/C17H18BrF2N/c1-3-21-17(15-7-6-13(19)8-11(15)2)9-12-4-5-14(20)10-16(12)18/h4-8,10,17,21H,3,9H2,1-2H3. The van der Waals surface area contributed by atoms with Crippen LogP contribution in [-0.4, -0.2) is 6.54 Å². The highest BCUT2D eigenvalue weighted by atomic mass is 79.9. The summed E-state index contributed by atoms with van der Waals surface area (Å²) in [6, 6.07) is 9.61. The molecule has 0 amide bonds. The van der Waals surface area contributed by atoms with Crippen LogP contribution in [0.5, 0.6) is 0 Å². The molecule has 1 unspecified atom stereocenters. The van der Waals surface area contributed by atoms with Crippen LogP contribution >= 0.6 is 15.9 Å². The topological polar surface area (TPSA) is 12.0 Å². The normalized spacial score (nSPS) is 12.4. The fourth-order valence-corrected chi connectivity index (χ4v) is 2.99. The Labute approximate surface area is 132 Å². The molecule has 0 saturated heterocycles. The molecule has 0 spiro atoms. The molecular weight excluding hydrogens is 336 g/mol. The van der Waals surface area contributed by atoms with E-state index in [0.717, 1.165) is 27.7 Å². The summed E-state index contributed by atoms with van der Waals surface area (Å²) in [4.78, 5) is 0. The summed E-state index contributed by atoms with van der Waals surface area (Å²) in [5, 5.41) is 3.41. The van der Waals surface area contributed by atoms with Crippen molar-refractivity contribution in [2.45, 2.75) is 26.3 Å².